The topological polar surface area (TPSA) is 55.1 Å². The highest BCUT2D eigenvalue weighted by Gasteiger charge is 2.37. The molecule has 1 aliphatic heterocycles. The number of rotatable bonds is 3. The van der Waals surface area contributed by atoms with Crippen LogP contribution in [0.2, 0.25) is 0 Å². The minimum atomic E-state index is -4.39. The van der Waals surface area contributed by atoms with Gasteiger partial charge in [-0.2, -0.15) is 18.2 Å². The third-order valence-corrected chi connectivity index (χ3v) is 4.88. The van der Waals surface area contributed by atoms with E-state index >= 15 is 0 Å². The Balaban J connectivity index is 1.63. The van der Waals surface area contributed by atoms with Gasteiger partial charge < -0.3 is 4.52 Å². The summed E-state index contributed by atoms with van der Waals surface area (Å²) in [7, 11) is 0. The van der Waals surface area contributed by atoms with E-state index in [1.54, 1.807) is 13.8 Å². The quantitative estimate of drug-likeness (QED) is 0.851. The van der Waals surface area contributed by atoms with Crippen molar-refractivity contribution in [3.05, 3.63) is 27.3 Å². The lowest BCUT2D eigenvalue weighted by Gasteiger charge is -2.30. The number of halogens is 3. The zero-order chi connectivity index (χ0) is 16.6. The second-order valence-corrected chi connectivity index (χ2v) is 7.02. The standard InChI is InChI=1S/C14H17F3N4OS/c1-8-18-13(22-20-8)10-3-5-21(6-4-10)7-11-12(14(15,16)17)19-9(2)23-11/h10H,3-7H2,1-2H3. The van der Waals surface area contributed by atoms with Gasteiger partial charge in [-0.05, 0) is 39.8 Å². The molecule has 0 saturated carbocycles. The number of likely N-dealkylation sites (tertiary alicyclic amines) is 1. The Hall–Kier alpha value is -1.48. The summed E-state index contributed by atoms with van der Waals surface area (Å²) in [6.45, 7) is 5.08. The summed E-state index contributed by atoms with van der Waals surface area (Å²) in [4.78, 5) is 10.2. The molecule has 3 rings (SSSR count). The first kappa shape index (κ1) is 16.4. The van der Waals surface area contributed by atoms with E-state index in [-0.39, 0.29) is 12.5 Å². The van der Waals surface area contributed by atoms with Crippen LogP contribution in [-0.2, 0) is 12.7 Å². The van der Waals surface area contributed by atoms with Crippen LogP contribution in [0.5, 0.6) is 0 Å². The summed E-state index contributed by atoms with van der Waals surface area (Å²) in [5.41, 5.74) is -0.741. The predicted molar refractivity (Wildman–Crippen MR) is 78.1 cm³/mol. The summed E-state index contributed by atoms with van der Waals surface area (Å²) in [5.74, 6) is 1.43. The van der Waals surface area contributed by atoms with Crippen molar-refractivity contribution in [2.75, 3.05) is 13.1 Å². The predicted octanol–water partition coefficient (Wildman–Crippen LogP) is 3.54. The molecule has 1 fully saturated rings. The molecule has 3 heterocycles. The van der Waals surface area contributed by atoms with Gasteiger partial charge in [0.15, 0.2) is 11.5 Å². The van der Waals surface area contributed by atoms with Gasteiger partial charge in [0.05, 0.1) is 9.88 Å². The van der Waals surface area contributed by atoms with E-state index in [1.807, 2.05) is 4.90 Å². The van der Waals surface area contributed by atoms with Crippen LogP contribution in [0.1, 0.15) is 46.1 Å². The van der Waals surface area contributed by atoms with Crippen molar-refractivity contribution in [3.63, 3.8) is 0 Å². The number of alkyl halides is 3. The van der Waals surface area contributed by atoms with Crippen molar-refractivity contribution in [2.45, 2.75) is 45.3 Å². The molecule has 0 radical (unpaired) electrons. The molecule has 23 heavy (non-hydrogen) atoms. The van der Waals surface area contributed by atoms with Crippen LogP contribution < -0.4 is 0 Å². The minimum absolute atomic E-state index is 0.192. The summed E-state index contributed by atoms with van der Waals surface area (Å²) < 4.78 is 44.2. The Kier molecular flexibility index (Phi) is 4.41. The molecule has 0 unspecified atom stereocenters. The first-order valence-electron chi connectivity index (χ1n) is 7.39. The van der Waals surface area contributed by atoms with E-state index in [1.165, 1.54) is 0 Å². The Morgan fingerprint density at radius 2 is 1.91 bits per heavy atom. The lowest BCUT2D eigenvalue weighted by molar-refractivity contribution is -0.141. The fourth-order valence-corrected chi connectivity index (χ4v) is 3.82. The van der Waals surface area contributed by atoms with E-state index in [2.05, 4.69) is 15.1 Å². The summed E-state index contributed by atoms with van der Waals surface area (Å²) in [6, 6.07) is 0. The molecule has 2 aromatic heterocycles. The van der Waals surface area contributed by atoms with E-state index in [0.717, 1.165) is 24.2 Å². The molecule has 9 heteroatoms. The van der Waals surface area contributed by atoms with Gasteiger partial charge in [0.2, 0.25) is 5.89 Å². The van der Waals surface area contributed by atoms with Crippen LogP contribution in [0, 0.1) is 13.8 Å². The molecule has 0 aromatic carbocycles. The number of aromatic nitrogens is 3. The molecule has 1 saturated heterocycles. The first-order chi connectivity index (χ1) is 10.8. The molecule has 0 N–H and O–H groups in total. The molecule has 0 atom stereocenters. The lowest BCUT2D eigenvalue weighted by Crippen LogP contribution is -2.32. The molecule has 0 amide bonds. The Morgan fingerprint density at radius 1 is 1.22 bits per heavy atom. The molecule has 0 aliphatic carbocycles. The fraction of sp³-hybridized carbons (Fsp3) is 0.643. The molecule has 1 aliphatic rings. The second-order valence-electron chi connectivity index (χ2n) is 5.73. The number of hydrogen-bond acceptors (Lipinski definition) is 6. The zero-order valence-corrected chi connectivity index (χ0v) is 13.7. The van der Waals surface area contributed by atoms with Crippen LogP contribution in [0.15, 0.2) is 4.52 Å². The van der Waals surface area contributed by atoms with Crippen molar-refractivity contribution in [1.29, 1.82) is 0 Å². The summed E-state index contributed by atoms with van der Waals surface area (Å²) in [5, 5.41) is 4.24. The molecular weight excluding hydrogens is 329 g/mol. The third-order valence-electron chi connectivity index (χ3n) is 3.92. The largest absolute Gasteiger partial charge is 0.434 e. The average Bonchev–Trinajstić information content (AvgIpc) is 3.05. The van der Waals surface area contributed by atoms with Gasteiger partial charge in [-0.15, -0.1) is 11.3 Å². The zero-order valence-electron chi connectivity index (χ0n) is 12.9. The van der Waals surface area contributed by atoms with Crippen LogP contribution in [0.4, 0.5) is 13.2 Å². The highest BCUT2D eigenvalue weighted by atomic mass is 32.1. The van der Waals surface area contributed by atoms with Gasteiger partial charge in [-0.25, -0.2) is 4.98 Å². The van der Waals surface area contributed by atoms with Gasteiger partial charge in [0, 0.05) is 12.5 Å². The number of piperidine rings is 1. The fourth-order valence-electron chi connectivity index (χ4n) is 2.82. The van der Waals surface area contributed by atoms with Gasteiger partial charge in [0.1, 0.15) is 0 Å². The smallest absolute Gasteiger partial charge is 0.339 e. The molecule has 2 aromatic rings. The Labute approximate surface area is 135 Å². The van der Waals surface area contributed by atoms with E-state index in [9.17, 15) is 13.2 Å². The van der Waals surface area contributed by atoms with E-state index in [4.69, 9.17) is 4.52 Å². The number of thiazole rings is 1. The Bertz CT molecular complexity index is 674. The maximum Gasteiger partial charge on any atom is 0.434 e. The summed E-state index contributed by atoms with van der Waals surface area (Å²) in [6.07, 6.45) is -2.78. The van der Waals surface area contributed by atoms with Crippen LogP contribution in [0.3, 0.4) is 0 Å². The van der Waals surface area contributed by atoms with Gasteiger partial charge in [-0.3, -0.25) is 4.90 Å². The highest BCUT2D eigenvalue weighted by Crippen LogP contribution is 2.36. The number of hydrogen-bond donors (Lipinski definition) is 0. The van der Waals surface area contributed by atoms with E-state index in [0.29, 0.717) is 34.7 Å². The second kappa shape index (κ2) is 6.20. The van der Waals surface area contributed by atoms with E-state index < -0.39 is 11.9 Å². The van der Waals surface area contributed by atoms with Crippen molar-refractivity contribution in [3.8, 4) is 0 Å². The van der Waals surface area contributed by atoms with Crippen molar-refractivity contribution in [1.82, 2.24) is 20.0 Å². The van der Waals surface area contributed by atoms with Crippen LogP contribution in [-0.4, -0.2) is 33.1 Å². The normalized spacial score (nSPS) is 17.8. The average molecular weight is 346 g/mol. The van der Waals surface area contributed by atoms with Gasteiger partial charge in [-0.1, -0.05) is 5.16 Å². The molecule has 126 valence electrons. The summed E-state index contributed by atoms with van der Waals surface area (Å²) >= 11 is 1.12. The van der Waals surface area contributed by atoms with Crippen LogP contribution >= 0.6 is 11.3 Å². The molecular formula is C14H17F3N4OS. The number of aryl methyl sites for hydroxylation is 2. The third kappa shape index (κ3) is 3.72. The maximum absolute atomic E-state index is 13.0. The number of nitrogens with zero attached hydrogens (tertiary/aromatic N) is 4. The highest BCUT2D eigenvalue weighted by molar-refractivity contribution is 7.11. The van der Waals surface area contributed by atoms with Crippen molar-refractivity contribution >= 4 is 11.3 Å². The first-order valence-corrected chi connectivity index (χ1v) is 8.20. The van der Waals surface area contributed by atoms with Crippen molar-refractivity contribution < 1.29 is 17.7 Å². The van der Waals surface area contributed by atoms with Crippen LogP contribution in [0.25, 0.3) is 0 Å². The minimum Gasteiger partial charge on any atom is -0.339 e. The monoisotopic (exact) mass is 346 g/mol. The maximum atomic E-state index is 13.0. The Morgan fingerprint density at radius 3 is 2.48 bits per heavy atom. The van der Waals surface area contributed by atoms with Gasteiger partial charge in [0.25, 0.3) is 0 Å². The SMILES string of the molecule is Cc1noc(C2CCN(Cc3sc(C)nc3C(F)(F)F)CC2)n1. The van der Waals surface area contributed by atoms with Crippen molar-refractivity contribution in [2.24, 2.45) is 0 Å². The van der Waals surface area contributed by atoms with Gasteiger partial charge >= 0.3 is 6.18 Å². The lowest BCUT2D eigenvalue weighted by atomic mass is 9.97. The molecule has 0 bridgehead atoms. The molecule has 0 spiro atoms. The molecule has 5 nitrogen and oxygen atoms in total.